The van der Waals surface area contributed by atoms with Gasteiger partial charge in [-0.1, -0.05) is 23.2 Å². The molecule has 0 spiro atoms. The van der Waals surface area contributed by atoms with Gasteiger partial charge in [0.25, 0.3) is 0 Å². The Balaban J connectivity index is 1.88. The molecule has 1 heterocycles. The zero-order valence-electron chi connectivity index (χ0n) is 15.0. The van der Waals surface area contributed by atoms with Crippen LogP contribution in [0.4, 0.5) is 5.69 Å². The Morgan fingerprint density at radius 1 is 0.857 bits per heavy atom. The number of hydrogen-bond donors (Lipinski definition) is 0. The topological polar surface area (TPSA) is 65.1 Å². The summed E-state index contributed by atoms with van der Waals surface area (Å²) in [6.45, 7) is 0. The molecule has 1 saturated carbocycles. The molecule has 4 rings (SSSR count). The van der Waals surface area contributed by atoms with Crippen LogP contribution < -0.4 is 9.64 Å². The maximum Gasteiger partial charge on any atom is 0.240 e. The second kappa shape index (κ2) is 6.24. The van der Waals surface area contributed by atoms with E-state index < -0.39 is 39.2 Å². The van der Waals surface area contributed by atoms with Gasteiger partial charge in [-0.15, -0.1) is 23.2 Å². The second-order valence-corrected chi connectivity index (χ2v) is 8.69. The number of amides is 2. The van der Waals surface area contributed by atoms with E-state index in [1.807, 2.05) is 0 Å². The van der Waals surface area contributed by atoms with Crippen molar-refractivity contribution in [2.24, 2.45) is 11.8 Å². The zero-order chi connectivity index (χ0) is 20.6. The molecular formula is C18H15Cl4NO5. The predicted octanol–water partition coefficient (Wildman–Crippen LogP) is 3.46. The average Bonchev–Trinajstić information content (AvgIpc) is 3.12. The quantitative estimate of drug-likeness (QED) is 0.386. The summed E-state index contributed by atoms with van der Waals surface area (Å²) in [5, 5.41) is -0.123. The normalized spacial score (nSPS) is 35.8. The smallest absolute Gasteiger partial charge is 0.240 e. The Kier molecular flexibility index (Phi) is 4.51. The number of fused-ring (bicyclic) bond motifs is 5. The molecule has 10 heteroatoms. The van der Waals surface area contributed by atoms with Crippen molar-refractivity contribution in [3.8, 4) is 5.75 Å². The summed E-state index contributed by atoms with van der Waals surface area (Å²) < 4.78 is 16.2. The van der Waals surface area contributed by atoms with Crippen molar-refractivity contribution >= 4 is 63.9 Å². The molecule has 2 aliphatic carbocycles. The third-order valence-corrected chi connectivity index (χ3v) is 8.47. The number of methoxy groups -OCH3 is 3. The molecule has 3 aliphatic rings. The Labute approximate surface area is 181 Å². The summed E-state index contributed by atoms with van der Waals surface area (Å²) in [4.78, 5) is 24.2. The molecule has 2 amide bonds. The van der Waals surface area contributed by atoms with Crippen LogP contribution in [0.1, 0.15) is 0 Å². The fourth-order valence-corrected chi connectivity index (χ4v) is 6.85. The second-order valence-electron chi connectivity index (χ2n) is 6.74. The van der Waals surface area contributed by atoms with E-state index in [0.29, 0.717) is 11.4 Å². The molecule has 150 valence electrons. The monoisotopic (exact) mass is 465 g/mol. The van der Waals surface area contributed by atoms with E-state index in [9.17, 15) is 9.59 Å². The van der Waals surface area contributed by atoms with Gasteiger partial charge in [0.15, 0.2) is 0 Å². The van der Waals surface area contributed by atoms with Crippen molar-refractivity contribution in [1.29, 1.82) is 0 Å². The number of ether oxygens (including phenoxy) is 3. The number of hydrogen-bond acceptors (Lipinski definition) is 5. The molecule has 2 bridgehead atoms. The standard InChI is InChI=1S/C18H15Cl4NO5/c1-26-9-6-4-8(5-7-9)23-14(24)10-11(15(23)25)17(22)13(20)12(19)16(10,21)18(17,27-2)28-3/h4-7,10-11H,1-3H3/t10-,11-,16-,17+/m0/s1. The Morgan fingerprint density at radius 3 is 1.64 bits per heavy atom. The highest BCUT2D eigenvalue weighted by Gasteiger charge is 2.89. The van der Waals surface area contributed by atoms with Crippen LogP contribution in [0.25, 0.3) is 0 Å². The maximum atomic E-state index is 13.4. The first-order valence-electron chi connectivity index (χ1n) is 8.23. The minimum atomic E-state index is -1.79. The molecule has 4 atom stereocenters. The van der Waals surface area contributed by atoms with Gasteiger partial charge in [0.05, 0.1) is 34.7 Å². The lowest BCUT2D eigenvalue weighted by Gasteiger charge is -2.42. The van der Waals surface area contributed by atoms with E-state index in [0.717, 1.165) is 4.90 Å². The van der Waals surface area contributed by atoms with Crippen molar-refractivity contribution < 1.29 is 23.8 Å². The predicted molar refractivity (Wildman–Crippen MR) is 105 cm³/mol. The number of nitrogens with zero attached hydrogens (tertiary/aromatic N) is 1. The number of carbonyl (C=O) groups is 2. The number of imide groups is 1. The molecule has 6 nitrogen and oxygen atoms in total. The summed E-state index contributed by atoms with van der Waals surface area (Å²) in [7, 11) is 4.14. The highest BCUT2D eigenvalue weighted by molar-refractivity contribution is 6.54. The minimum absolute atomic E-state index is 0.0616. The summed E-state index contributed by atoms with van der Waals surface area (Å²) in [5.74, 6) is -4.55. The SMILES string of the molecule is COc1ccc(N2C(=O)[C@@H]3[C@@H](C2=O)[C@@]2(Cl)C(Cl)=C(Cl)[C@]3(Cl)C2(OC)OC)cc1. The van der Waals surface area contributed by atoms with Gasteiger partial charge in [-0.2, -0.15) is 0 Å². The van der Waals surface area contributed by atoms with E-state index in [1.165, 1.54) is 21.3 Å². The van der Waals surface area contributed by atoms with Crippen LogP contribution in [0.15, 0.2) is 34.3 Å². The first kappa shape index (κ1) is 20.3. The van der Waals surface area contributed by atoms with Crippen molar-refractivity contribution in [3.63, 3.8) is 0 Å². The largest absolute Gasteiger partial charge is 0.497 e. The van der Waals surface area contributed by atoms with Gasteiger partial charge in [0, 0.05) is 14.2 Å². The van der Waals surface area contributed by atoms with Crippen molar-refractivity contribution in [1.82, 2.24) is 0 Å². The van der Waals surface area contributed by atoms with Crippen LogP contribution in [-0.4, -0.2) is 48.7 Å². The van der Waals surface area contributed by atoms with Gasteiger partial charge >= 0.3 is 0 Å². The highest BCUT2D eigenvalue weighted by Crippen LogP contribution is 2.75. The Bertz CT molecular complexity index is 869. The number of carbonyl (C=O) groups excluding carboxylic acids is 2. The Hall–Kier alpha value is -1.02. The number of rotatable bonds is 4. The zero-order valence-corrected chi connectivity index (χ0v) is 18.0. The van der Waals surface area contributed by atoms with Crippen LogP contribution in [0, 0.1) is 11.8 Å². The van der Waals surface area contributed by atoms with E-state index in [2.05, 4.69) is 0 Å². The number of anilines is 1. The molecule has 2 fully saturated rings. The molecular weight excluding hydrogens is 452 g/mol. The molecule has 1 saturated heterocycles. The van der Waals surface area contributed by atoms with Crippen molar-refractivity contribution in [3.05, 3.63) is 34.3 Å². The van der Waals surface area contributed by atoms with Crippen LogP contribution in [0.5, 0.6) is 5.75 Å². The third-order valence-electron chi connectivity index (χ3n) is 5.86. The minimum Gasteiger partial charge on any atom is -0.497 e. The lowest BCUT2D eigenvalue weighted by atomic mass is 9.84. The molecule has 1 aliphatic heterocycles. The van der Waals surface area contributed by atoms with E-state index >= 15 is 0 Å². The fourth-order valence-electron chi connectivity index (χ4n) is 4.69. The molecule has 0 unspecified atom stereocenters. The van der Waals surface area contributed by atoms with E-state index in [4.69, 9.17) is 60.6 Å². The lowest BCUT2D eigenvalue weighted by molar-refractivity contribution is -0.221. The molecule has 28 heavy (non-hydrogen) atoms. The summed E-state index contributed by atoms with van der Waals surface area (Å²) in [5.41, 5.74) is 0.359. The van der Waals surface area contributed by atoms with Gasteiger partial charge in [-0.3, -0.25) is 9.59 Å². The van der Waals surface area contributed by atoms with Gasteiger partial charge in [-0.25, -0.2) is 4.90 Å². The summed E-state index contributed by atoms with van der Waals surface area (Å²) in [6, 6.07) is 6.46. The summed E-state index contributed by atoms with van der Waals surface area (Å²) >= 11 is 26.6. The molecule has 0 N–H and O–H groups in total. The molecule has 1 aromatic rings. The molecule has 0 aromatic heterocycles. The summed E-state index contributed by atoms with van der Waals surface area (Å²) in [6.07, 6.45) is 0. The van der Waals surface area contributed by atoms with Crippen molar-refractivity contribution in [2.45, 2.75) is 15.5 Å². The molecule has 1 aromatic carbocycles. The maximum absolute atomic E-state index is 13.4. The third kappa shape index (κ3) is 1.90. The Morgan fingerprint density at radius 2 is 1.29 bits per heavy atom. The van der Waals surface area contributed by atoms with Crippen LogP contribution in [0.3, 0.4) is 0 Å². The van der Waals surface area contributed by atoms with Crippen LogP contribution in [-0.2, 0) is 19.1 Å². The lowest BCUT2D eigenvalue weighted by Crippen LogP contribution is -2.60. The fraction of sp³-hybridized carbons (Fsp3) is 0.444. The van der Waals surface area contributed by atoms with E-state index in [1.54, 1.807) is 24.3 Å². The first-order valence-corrected chi connectivity index (χ1v) is 9.74. The van der Waals surface area contributed by atoms with Gasteiger partial charge in [0.1, 0.15) is 15.5 Å². The first-order chi connectivity index (χ1) is 13.2. The van der Waals surface area contributed by atoms with Gasteiger partial charge in [-0.05, 0) is 24.3 Å². The number of alkyl halides is 2. The number of halogens is 4. The van der Waals surface area contributed by atoms with Crippen LogP contribution >= 0.6 is 46.4 Å². The van der Waals surface area contributed by atoms with Crippen molar-refractivity contribution in [2.75, 3.05) is 26.2 Å². The van der Waals surface area contributed by atoms with Gasteiger partial charge < -0.3 is 14.2 Å². The average molecular weight is 467 g/mol. The van der Waals surface area contributed by atoms with E-state index in [-0.39, 0.29) is 10.1 Å². The van der Waals surface area contributed by atoms with Gasteiger partial charge in [0.2, 0.25) is 17.6 Å². The molecule has 0 radical (unpaired) electrons. The highest BCUT2D eigenvalue weighted by atomic mass is 35.5. The number of benzene rings is 1. The van der Waals surface area contributed by atoms with Crippen LogP contribution in [0.2, 0.25) is 0 Å².